The van der Waals surface area contributed by atoms with Crippen LogP contribution in [0.2, 0.25) is 5.02 Å². The molecule has 0 N–H and O–H groups in total. The maximum atomic E-state index is 13.8. The van der Waals surface area contributed by atoms with E-state index in [1.54, 1.807) is 6.07 Å². The van der Waals surface area contributed by atoms with Crippen LogP contribution in [-0.2, 0) is 6.42 Å². The van der Waals surface area contributed by atoms with Gasteiger partial charge in [-0.1, -0.05) is 33.6 Å². The maximum absolute atomic E-state index is 13.8. The monoisotopic (exact) mass is 386 g/mol. The molecule has 1 aromatic heterocycles. The summed E-state index contributed by atoms with van der Waals surface area (Å²) in [6.45, 7) is 0. The molecule has 0 aliphatic rings. The molecule has 2 aromatic carbocycles. The molecule has 0 bridgehead atoms. The lowest BCUT2D eigenvalue weighted by molar-refractivity contribution is 0.629. The second kappa shape index (κ2) is 5.95. The van der Waals surface area contributed by atoms with Crippen LogP contribution >= 0.6 is 39.1 Å². The van der Waals surface area contributed by atoms with E-state index in [4.69, 9.17) is 23.2 Å². The predicted molar refractivity (Wildman–Crippen MR) is 88.2 cm³/mol. The molecule has 0 unspecified atom stereocenters. The number of aryl methyl sites for hydroxylation is 1. The average molecular weight is 388 g/mol. The molecule has 3 rings (SSSR count). The largest absolute Gasteiger partial charge is 0.296 e. The number of imidazole rings is 1. The quantitative estimate of drug-likeness (QED) is 0.553. The van der Waals surface area contributed by atoms with Crippen LogP contribution < -0.4 is 0 Å². The van der Waals surface area contributed by atoms with Crippen molar-refractivity contribution in [2.45, 2.75) is 6.42 Å². The highest BCUT2D eigenvalue weighted by Gasteiger charge is 2.15. The van der Waals surface area contributed by atoms with Gasteiger partial charge in [-0.3, -0.25) is 4.57 Å². The van der Waals surface area contributed by atoms with E-state index in [0.29, 0.717) is 23.3 Å². The van der Waals surface area contributed by atoms with Crippen molar-refractivity contribution in [2.24, 2.45) is 0 Å². The van der Waals surface area contributed by atoms with E-state index in [9.17, 15) is 4.39 Å². The average Bonchev–Trinajstić information content (AvgIpc) is 2.77. The van der Waals surface area contributed by atoms with Crippen LogP contribution in [0.25, 0.3) is 16.7 Å². The summed E-state index contributed by atoms with van der Waals surface area (Å²) in [4.78, 5) is 4.52. The highest BCUT2D eigenvalue weighted by Crippen LogP contribution is 2.28. The molecular weight excluding hydrogens is 378 g/mol. The minimum absolute atomic E-state index is 0.0683. The van der Waals surface area contributed by atoms with Gasteiger partial charge in [-0.15, -0.1) is 11.6 Å². The molecule has 0 atom stereocenters. The van der Waals surface area contributed by atoms with Gasteiger partial charge in [-0.25, -0.2) is 9.37 Å². The minimum atomic E-state index is -0.460. The van der Waals surface area contributed by atoms with Crippen LogP contribution in [0.1, 0.15) is 5.82 Å². The summed E-state index contributed by atoms with van der Waals surface area (Å²) in [6, 6.07) is 10.7. The van der Waals surface area contributed by atoms with Crippen molar-refractivity contribution in [1.82, 2.24) is 9.55 Å². The van der Waals surface area contributed by atoms with E-state index in [1.165, 1.54) is 6.07 Å². The van der Waals surface area contributed by atoms with E-state index in [2.05, 4.69) is 20.9 Å². The molecule has 0 spiro atoms. The first-order chi connectivity index (χ1) is 10.1. The number of nitrogens with zero attached hydrogens (tertiary/aromatic N) is 2. The van der Waals surface area contributed by atoms with Crippen molar-refractivity contribution in [3.8, 4) is 5.69 Å². The summed E-state index contributed by atoms with van der Waals surface area (Å²) in [5.41, 5.74) is 2.23. The number of hydrogen-bond donors (Lipinski definition) is 0. The summed E-state index contributed by atoms with van der Waals surface area (Å²) in [6.07, 6.45) is 0.585. The molecule has 2 nitrogen and oxygen atoms in total. The van der Waals surface area contributed by atoms with Crippen molar-refractivity contribution in [1.29, 1.82) is 0 Å². The van der Waals surface area contributed by atoms with E-state index < -0.39 is 5.82 Å². The van der Waals surface area contributed by atoms with Crippen molar-refractivity contribution in [3.63, 3.8) is 0 Å². The van der Waals surface area contributed by atoms with Gasteiger partial charge in [0.25, 0.3) is 0 Å². The second-order valence-corrected chi connectivity index (χ2v) is 6.24. The first kappa shape index (κ1) is 14.8. The lowest BCUT2D eigenvalue weighted by Crippen LogP contribution is -2.02. The van der Waals surface area contributed by atoms with Gasteiger partial charge in [0.05, 0.1) is 16.1 Å². The summed E-state index contributed by atoms with van der Waals surface area (Å²) in [7, 11) is 0. The Labute approximate surface area is 139 Å². The Morgan fingerprint density at radius 1 is 1.24 bits per heavy atom. The van der Waals surface area contributed by atoms with Crippen LogP contribution in [0, 0.1) is 5.82 Å². The molecule has 0 saturated heterocycles. The molecule has 0 radical (unpaired) electrons. The zero-order chi connectivity index (χ0) is 15.0. The summed E-state index contributed by atoms with van der Waals surface area (Å²) in [5.74, 6) is 0.755. The van der Waals surface area contributed by atoms with Crippen molar-refractivity contribution in [2.75, 3.05) is 5.88 Å². The molecule has 6 heteroatoms. The SMILES string of the molecule is Fc1cc2c(cc1Cl)nc(CCCl)n2-c1cccc(Br)c1. The van der Waals surface area contributed by atoms with Gasteiger partial charge in [0.2, 0.25) is 0 Å². The second-order valence-electron chi connectivity index (χ2n) is 4.54. The first-order valence-electron chi connectivity index (χ1n) is 6.28. The smallest absolute Gasteiger partial charge is 0.144 e. The van der Waals surface area contributed by atoms with Gasteiger partial charge in [0, 0.05) is 28.5 Å². The Hall–Kier alpha value is -1.10. The van der Waals surface area contributed by atoms with Crippen LogP contribution in [-0.4, -0.2) is 15.4 Å². The minimum Gasteiger partial charge on any atom is -0.296 e. The molecule has 0 aliphatic heterocycles. The molecule has 0 fully saturated rings. The summed E-state index contributed by atoms with van der Waals surface area (Å²) < 4.78 is 16.7. The third-order valence-electron chi connectivity index (χ3n) is 3.15. The Balaban J connectivity index is 2.32. The molecule has 0 aliphatic carbocycles. The number of hydrogen-bond acceptors (Lipinski definition) is 1. The predicted octanol–water partition coefficient (Wildman–Crippen LogP) is 5.36. The van der Waals surface area contributed by atoms with E-state index in [-0.39, 0.29) is 5.02 Å². The maximum Gasteiger partial charge on any atom is 0.144 e. The molecule has 0 saturated carbocycles. The topological polar surface area (TPSA) is 17.8 Å². The van der Waals surface area contributed by atoms with Crippen LogP contribution in [0.5, 0.6) is 0 Å². The Morgan fingerprint density at radius 3 is 2.76 bits per heavy atom. The molecule has 1 heterocycles. The Morgan fingerprint density at radius 2 is 2.05 bits per heavy atom. The van der Waals surface area contributed by atoms with Gasteiger partial charge in [-0.05, 0) is 24.3 Å². The fourth-order valence-electron chi connectivity index (χ4n) is 2.28. The molecule has 21 heavy (non-hydrogen) atoms. The Kier molecular flexibility index (Phi) is 4.20. The van der Waals surface area contributed by atoms with Crippen LogP contribution in [0.3, 0.4) is 0 Å². The number of aromatic nitrogens is 2. The molecule has 0 amide bonds. The summed E-state index contributed by atoms with van der Waals surface area (Å²) in [5, 5.41) is 0.0683. The number of benzene rings is 2. The zero-order valence-electron chi connectivity index (χ0n) is 10.8. The van der Waals surface area contributed by atoms with Crippen LogP contribution in [0.4, 0.5) is 4.39 Å². The van der Waals surface area contributed by atoms with E-state index >= 15 is 0 Å². The van der Waals surface area contributed by atoms with Crippen molar-refractivity contribution >= 4 is 50.2 Å². The molecular formula is C15H10BrCl2FN2. The molecule has 108 valence electrons. The van der Waals surface area contributed by atoms with Crippen molar-refractivity contribution in [3.05, 3.63) is 57.5 Å². The molecule has 3 aromatic rings. The van der Waals surface area contributed by atoms with Gasteiger partial charge >= 0.3 is 0 Å². The highest BCUT2D eigenvalue weighted by atomic mass is 79.9. The zero-order valence-corrected chi connectivity index (χ0v) is 13.9. The van der Waals surface area contributed by atoms with Crippen LogP contribution in [0.15, 0.2) is 40.9 Å². The van der Waals surface area contributed by atoms with E-state index in [1.807, 2.05) is 28.8 Å². The number of alkyl halides is 1. The third kappa shape index (κ3) is 2.80. The standard InChI is InChI=1S/C15H10BrCl2FN2/c16-9-2-1-3-10(6-9)21-14-8-12(19)11(18)7-13(14)20-15(21)4-5-17/h1-3,6-8H,4-5H2. The normalized spacial score (nSPS) is 11.2. The van der Waals surface area contributed by atoms with Gasteiger partial charge in [-0.2, -0.15) is 0 Å². The fourth-order valence-corrected chi connectivity index (χ4v) is 2.99. The Bertz CT molecular complexity index is 817. The fraction of sp³-hybridized carbons (Fsp3) is 0.133. The number of halogens is 4. The highest BCUT2D eigenvalue weighted by molar-refractivity contribution is 9.10. The third-order valence-corrected chi connectivity index (χ3v) is 4.12. The first-order valence-corrected chi connectivity index (χ1v) is 7.99. The lowest BCUT2D eigenvalue weighted by atomic mass is 10.2. The van der Waals surface area contributed by atoms with Gasteiger partial charge in [0.1, 0.15) is 11.6 Å². The van der Waals surface area contributed by atoms with Gasteiger partial charge in [0.15, 0.2) is 0 Å². The number of rotatable bonds is 3. The van der Waals surface area contributed by atoms with Crippen molar-refractivity contribution < 1.29 is 4.39 Å². The lowest BCUT2D eigenvalue weighted by Gasteiger charge is -2.09. The summed E-state index contributed by atoms with van der Waals surface area (Å²) >= 11 is 15.1. The number of fused-ring (bicyclic) bond motifs is 1. The van der Waals surface area contributed by atoms with E-state index in [0.717, 1.165) is 16.0 Å². The van der Waals surface area contributed by atoms with Gasteiger partial charge < -0.3 is 0 Å².